The summed E-state index contributed by atoms with van der Waals surface area (Å²) < 4.78 is 52.8. The summed E-state index contributed by atoms with van der Waals surface area (Å²) in [4.78, 5) is 28.7. The molecule has 1 amide bonds. The van der Waals surface area contributed by atoms with Crippen molar-refractivity contribution in [2.45, 2.75) is 38.7 Å². The number of methoxy groups -OCH3 is 1. The predicted octanol–water partition coefficient (Wildman–Crippen LogP) is 6.95. The van der Waals surface area contributed by atoms with Crippen molar-refractivity contribution in [3.63, 3.8) is 0 Å². The van der Waals surface area contributed by atoms with E-state index in [1.807, 2.05) is 0 Å². The quantitative estimate of drug-likeness (QED) is 0.257. The zero-order valence-electron chi connectivity index (χ0n) is 23.0. The first-order valence-electron chi connectivity index (χ1n) is 13.1. The Hall–Kier alpha value is -4.86. The summed E-state index contributed by atoms with van der Waals surface area (Å²) in [6, 6.07) is 16.6. The van der Waals surface area contributed by atoms with Crippen LogP contribution >= 0.6 is 0 Å². The third-order valence-electron chi connectivity index (χ3n) is 7.51. The van der Waals surface area contributed by atoms with Gasteiger partial charge in [-0.2, -0.15) is 13.2 Å². The summed E-state index contributed by atoms with van der Waals surface area (Å²) >= 11 is 0. The lowest BCUT2D eigenvalue weighted by Gasteiger charge is -2.24. The summed E-state index contributed by atoms with van der Waals surface area (Å²) in [5, 5.41) is 9.34. The molecule has 2 heterocycles. The highest BCUT2D eigenvalue weighted by Gasteiger charge is 2.40. The van der Waals surface area contributed by atoms with Crippen molar-refractivity contribution in [3.05, 3.63) is 107 Å². The minimum atomic E-state index is -4.59. The Balaban J connectivity index is 1.60. The summed E-state index contributed by atoms with van der Waals surface area (Å²) in [5.74, 6) is -0.619. The van der Waals surface area contributed by atoms with Gasteiger partial charge in [0.1, 0.15) is 11.9 Å². The Bertz CT molecular complexity index is 1660. The number of nitrogens with one attached hydrogen (secondary N) is 1. The molecule has 1 aliphatic rings. The summed E-state index contributed by atoms with van der Waals surface area (Å²) in [5.41, 5.74) is 3.52. The lowest BCUT2D eigenvalue weighted by Crippen LogP contribution is -2.31. The molecule has 4 aromatic rings. The van der Waals surface area contributed by atoms with Crippen molar-refractivity contribution in [2.75, 3.05) is 7.11 Å². The molecule has 0 saturated carbocycles. The standard InChI is InChI=1S/C32H27F3N2O5/c1-18-14-22(30(38)39)4-7-25(18)21-5-9-28(41-3)27(16-21)26-8-6-24(32(33,34)35)15-23(26)17-37-19(2)29(42-31(37)40)20-10-12-36-13-11-20/h4-16,19,29H,17H2,1-3H3,(H,38,39)/p+1/t19-,29-/m0/s1. The number of carboxylic acid groups (broad SMARTS) is 1. The minimum absolute atomic E-state index is 0.131. The van der Waals surface area contributed by atoms with E-state index < -0.39 is 35.9 Å². The molecule has 0 radical (unpaired) electrons. The Morgan fingerprint density at radius 3 is 2.36 bits per heavy atom. The van der Waals surface area contributed by atoms with Gasteiger partial charge in [0, 0.05) is 23.3 Å². The van der Waals surface area contributed by atoms with Crippen LogP contribution in [0, 0.1) is 6.92 Å². The number of H-pyrrole nitrogens is 1. The number of hydrogen-bond donors (Lipinski definition) is 1. The Morgan fingerprint density at radius 2 is 1.71 bits per heavy atom. The van der Waals surface area contributed by atoms with Gasteiger partial charge < -0.3 is 14.6 Å². The van der Waals surface area contributed by atoms with Crippen molar-refractivity contribution in [3.8, 4) is 28.0 Å². The van der Waals surface area contributed by atoms with Crippen molar-refractivity contribution in [2.24, 2.45) is 0 Å². The molecule has 2 N–H and O–H groups in total. The maximum absolute atomic E-state index is 13.8. The smallest absolute Gasteiger partial charge is 0.416 e. The average molecular weight is 578 g/mol. The van der Waals surface area contributed by atoms with E-state index in [9.17, 15) is 27.9 Å². The number of ether oxygens (including phenoxy) is 2. The Labute approximate surface area is 240 Å². The van der Waals surface area contributed by atoms with E-state index in [-0.39, 0.29) is 17.7 Å². The fourth-order valence-corrected chi connectivity index (χ4v) is 5.30. The molecule has 0 unspecified atom stereocenters. The monoisotopic (exact) mass is 577 g/mol. The number of halogens is 3. The highest BCUT2D eigenvalue weighted by molar-refractivity contribution is 5.89. The number of hydrogen-bond acceptors (Lipinski definition) is 4. The van der Waals surface area contributed by atoms with E-state index in [1.54, 1.807) is 68.7 Å². The molecule has 1 aromatic heterocycles. The topological polar surface area (TPSA) is 90.2 Å². The van der Waals surface area contributed by atoms with Crippen LogP contribution in [0.3, 0.4) is 0 Å². The van der Waals surface area contributed by atoms with Gasteiger partial charge in [0.25, 0.3) is 0 Å². The molecule has 0 bridgehead atoms. The molecule has 1 aliphatic heterocycles. The summed E-state index contributed by atoms with van der Waals surface area (Å²) in [7, 11) is 1.47. The number of rotatable bonds is 7. The number of carbonyl (C=O) groups excluding carboxylic acids is 1. The van der Waals surface area contributed by atoms with Crippen LogP contribution < -0.4 is 9.72 Å². The molecule has 10 heteroatoms. The van der Waals surface area contributed by atoms with Gasteiger partial charge in [0.05, 0.1) is 30.8 Å². The molecule has 216 valence electrons. The molecule has 1 saturated heterocycles. The van der Waals surface area contributed by atoms with Gasteiger partial charge in [-0.1, -0.05) is 18.2 Å². The number of cyclic esters (lactones) is 1. The normalized spacial score (nSPS) is 16.8. The molecule has 0 spiro atoms. The first-order valence-corrected chi connectivity index (χ1v) is 13.1. The highest BCUT2D eigenvalue weighted by Crippen LogP contribution is 2.41. The molecule has 5 rings (SSSR count). The summed E-state index contributed by atoms with van der Waals surface area (Å²) in [6.07, 6.45) is -2.39. The number of alkyl halides is 3. The first-order chi connectivity index (χ1) is 20.0. The van der Waals surface area contributed by atoms with E-state index in [0.29, 0.717) is 16.9 Å². The van der Waals surface area contributed by atoms with Gasteiger partial charge in [-0.15, -0.1) is 0 Å². The van der Waals surface area contributed by atoms with E-state index >= 15 is 0 Å². The fourth-order valence-electron chi connectivity index (χ4n) is 5.30. The van der Waals surface area contributed by atoms with Gasteiger partial charge in [-0.05, 0) is 78.1 Å². The van der Waals surface area contributed by atoms with Crippen molar-refractivity contribution in [1.82, 2.24) is 4.90 Å². The number of aromatic carboxylic acids is 1. The minimum Gasteiger partial charge on any atom is -0.496 e. The third-order valence-corrected chi connectivity index (χ3v) is 7.51. The van der Waals surface area contributed by atoms with Crippen LogP contribution in [-0.4, -0.2) is 35.2 Å². The maximum Gasteiger partial charge on any atom is 0.416 e. The molecule has 3 aromatic carbocycles. The van der Waals surface area contributed by atoms with Crippen molar-refractivity contribution < 1.29 is 42.3 Å². The Morgan fingerprint density at radius 1 is 1.00 bits per heavy atom. The Kier molecular flexibility index (Phi) is 7.64. The second-order valence-electron chi connectivity index (χ2n) is 10.1. The van der Waals surface area contributed by atoms with Crippen LogP contribution in [0.15, 0.2) is 79.1 Å². The zero-order chi connectivity index (χ0) is 30.2. The summed E-state index contributed by atoms with van der Waals surface area (Å²) in [6.45, 7) is 3.45. The SMILES string of the molecule is COc1ccc(-c2ccc(C(=O)O)cc2C)cc1-c1ccc(C(F)(F)F)cc1CN1C(=O)O[C@H](c2cc[nH+]cc2)[C@@H]1C. The number of pyridine rings is 1. The lowest BCUT2D eigenvalue weighted by atomic mass is 9.91. The van der Waals surface area contributed by atoms with Crippen molar-refractivity contribution in [1.29, 1.82) is 0 Å². The van der Waals surface area contributed by atoms with Crippen LogP contribution in [0.4, 0.5) is 18.0 Å². The number of aromatic nitrogens is 1. The van der Waals surface area contributed by atoms with Crippen LogP contribution in [0.2, 0.25) is 0 Å². The number of aryl methyl sites for hydroxylation is 1. The van der Waals surface area contributed by atoms with E-state index in [2.05, 4.69) is 4.98 Å². The molecular weight excluding hydrogens is 549 g/mol. The van der Waals surface area contributed by atoms with E-state index in [0.717, 1.165) is 34.4 Å². The molecule has 7 nitrogen and oxygen atoms in total. The van der Waals surface area contributed by atoms with Gasteiger partial charge in [-0.3, -0.25) is 4.90 Å². The number of aromatic amines is 1. The molecule has 0 aliphatic carbocycles. The average Bonchev–Trinajstić information content (AvgIpc) is 3.25. The second-order valence-corrected chi connectivity index (χ2v) is 10.1. The van der Waals surface area contributed by atoms with E-state index in [4.69, 9.17) is 9.47 Å². The number of nitrogens with zero attached hydrogens (tertiary/aromatic N) is 1. The van der Waals surface area contributed by atoms with Gasteiger partial charge in [-0.25, -0.2) is 14.6 Å². The predicted molar refractivity (Wildman–Crippen MR) is 148 cm³/mol. The van der Waals surface area contributed by atoms with Crippen molar-refractivity contribution >= 4 is 12.1 Å². The molecule has 2 atom stereocenters. The zero-order valence-corrected chi connectivity index (χ0v) is 23.0. The maximum atomic E-state index is 13.8. The highest BCUT2D eigenvalue weighted by atomic mass is 19.4. The van der Waals surface area contributed by atoms with Gasteiger partial charge >= 0.3 is 18.2 Å². The third kappa shape index (κ3) is 5.52. The number of benzene rings is 3. The number of amides is 1. The first kappa shape index (κ1) is 28.7. The van der Waals surface area contributed by atoms with Crippen LogP contribution in [0.1, 0.15) is 45.6 Å². The second kappa shape index (κ2) is 11.2. The number of carbonyl (C=O) groups is 2. The number of carboxylic acids is 1. The largest absolute Gasteiger partial charge is 0.496 e. The van der Waals surface area contributed by atoms with Crippen LogP contribution in [0.25, 0.3) is 22.3 Å². The molecule has 42 heavy (non-hydrogen) atoms. The van der Waals surface area contributed by atoms with Crippen LogP contribution in [0.5, 0.6) is 5.75 Å². The molecule has 1 fully saturated rings. The van der Waals surface area contributed by atoms with E-state index in [1.165, 1.54) is 24.1 Å². The van der Waals surface area contributed by atoms with Gasteiger partial charge in [0.2, 0.25) is 0 Å². The fraction of sp³-hybridized carbons (Fsp3) is 0.219. The van der Waals surface area contributed by atoms with Crippen LogP contribution in [-0.2, 0) is 17.5 Å². The lowest BCUT2D eigenvalue weighted by molar-refractivity contribution is -0.378. The van der Waals surface area contributed by atoms with Gasteiger partial charge in [0.15, 0.2) is 12.4 Å². The molecular formula is C32H28F3N2O5+.